The Morgan fingerprint density at radius 1 is 1.30 bits per heavy atom. The second-order valence-electron chi connectivity index (χ2n) is 6.58. The highest BCUT2D eigenvalue weighted by Gasteiger charge is 2.22. The van der Waals surface area contributed by atoms with E-state index in [2.05, 4.69) is 10.4 Å². The lowest BCUT2D eigenvalue weighted by Crippen LogP contribution is -2.10. The molecule has 1 fully saturated rings. The van der Waals surface area contributed by atoms with Gasteiger partial charge in [-0.05, 0) is 43.0 Å². The molecule has 0 radical (unpaired) electrons. The zero-order valence-electron chi connectivity index (χ0n) is 15.1. The Kier molecular flexibility index (Phi) is 4.82. The molecule has 1 aliphatic carbocycles. The first kappa shape index (κ1) is 17.2. The number of aromatic nitrogens is 2. The van der Waals surface area contributed by atoms with Crippen LogP contribution >= 0.6 is 0 Å². The first-order valence-corrected chi connectivity index (χ1v) is 8.89. The standard InChI is InChI=1S/C20H21N3O4/c1-25-16-3-2-4-17(9-16)26-13-18-7-8-19(27-18)20(24)22-15-10-21-23(12-15)11-14-5-6-14/h2-4,7-10,12,14H,5-6,11,13H2,1H3,(H,22,24). The van der Waals surface area contributed by atoms with Crippen LogP contribution in [0.25, 0.3) is 0 Å². The van der Waals surface area contributed by atoms with Crippen LogP contribution in [0.15, 0.2) is 53.2 Å². The summed E-state index contributed by atoms with van der Waals surface area (Å²) in [5.74, 6) is 2.59. The van der Waals surface area contributed by atoms with Crippen molar-refractivity contribution in [3.8, 4) is 11.5 Å². The molecule has 1 aliphatic rings. The Bertz CT molecular complexity index is 927. The van der Waals surface area contributed by atoms with Crippen molar-refractivity contribution in [3.63, 3.8) is 0 Å². The third kappa shape index (κ3) is 4.49. The molecule has 2 aromatic heterocycles. The molecule has 0 aliphatic heterocycles. The molecule has 4 rings (SSSR count). The number of amides is 1. The van der Waals surface area contributed by atoms with Gasteiger partial charge in [-0.3, -0.25) is 9.48 Å². The summed E-state index contributed by atoms with van der Waals surface area (Å²) in [5, 5.41) is 7.07. The van der Waals surface area contributed by atoms with Gasteiger partial charge in [-0.1, -0.05) is 6.07 Å². The van der Waals surface area contributed by atoms with E-state index in [9.17, 15) is 4.79 Å². The van der Waals surface area contributed by atoms with Crippen LogP contribution < -0.4 is 14.8 Å². The predicted molar refractivity (Wildman–Crippen MR) is 98.9 cm³/mol. The van der Waals surface area contributed by atoms with Crippen molar-refractivity contribution in [3.05, 3.63) is 60.3 Å². The fraction of sp³-hybridized carbons (Fsp3) is 0.300. The molecule has 1 N–H and O–H groups in total. The number of nitrogens with one attached hydrogen (secondary N) is 1. The van der Waals surface area contributed by atoms with Gasteiger partial charge in [0, 0.05) is 18.8 Å². The van der Waals surface area contributed by atoms with Crippen LogP contribution in [-0.4, -0.2) is 22.8 Å². The van der Waals surface area contributed by atoms with E-state index in [4.69, 9.17) is 13.9 Å². The second-order valence-corrected chi connectivity index (χ2v) is 6.58. The van der Waals surface area contributed by atoms with Crippen molar-refractivity contribution >= 4 is 11.6 Å². The average molecular weight is 367 g/mol. The van der Waals surface area contributed by atoms with Crippen LogP contribution in [0.3, 0.4) is 0 Å². The van der Waals surface area contributed by atoms with E-state index in [-0.39, 0.29) is 18.3 Å². The van der Waals surface area contributed by atoms with Gasteiger partial charge in [0.15, 0.2) is 5.76 Å². The molecular formula is C20H21N3O4. The van der Waals surface area contributed by atoms with Crippen LogP contribution in [0, 0.1) is 5.92 Å². The monoisotopic (exact) mass is 367 g/mol. The topological polar surface area (TPSA) is 78.5 Å². The van der Waals surface area contributed by atoms with E-state index in [1.54, 1.807) is 31.5 Å². The third-order valence-electron chi connectivity index (χ3n) is 4.34. The van der Waals surface area contributed by atoms with Gasteiger partial charge in [0.1, 0.15) is 23.9 Å². The maximum Gasteiger partial charge on any atom is 0.291 e. The Balaban J connectivity index is 1.32. The van der Waals surface area contributed by atoms with E-state index < -0.39 is 0 Å². The van der Waals surface area contributed by atoms with Gasteiger partial charge >= 0.3 is 0 Å². The molecule has 0 bridgehead atoms. The van der Waals surface area contributed by atoms with Gasteiger partial charge in [0.25, 0.3) is 5.91 Å². The van der Waals surface area contributed by atoms with Crippen LogP contribution in [0.4, 0.5) is 5.69 Å². The van der Waals surface area contributed by atoms with E-state index in [0.29, 0.717) is 22.9 Å². The van der Waals surface area contributed by atoms with Gasteiger partial charge in [-0.2, -0.15) is 5.10 Å². The Labute approximate surface area is 156 Å². The summed E-state index contributed by atoms with van der Waals surface area (Å²) in [6.45, 7) is 1.13. The van der Waals surface area contributed by atoms with Gasteiger partial charge < -0.3 is 19.2 Å². The number of hydrogen-bond donors (Lipinski definition) is 1. The minimum Gasteiger partial charge on any atom is -0.497 e. The lowest BCUT2D eigenvalue weighted by atomic mass is 10.3. The van der Waals surface area contributed by atoms with E-state index >= 15 is 0 Å². The van der Waals surface area contributed by atoms with Crippen molar-refractivity contribution < 1.29 is 18.7 Å². The van der Waals surface area contributed by atoms with Crippen molar-refractivity contribution in [1.29, 1.82) is 0 Å². The fourth-order valence-corrected chi connectivity index (χ4v) is 2.71. The van der Waals surface area contributed by atoms with Gasteiger partial charge in [-0.25, -0.2) is 0 Å². The molecule has 1 amide bonds. The highest BCUT2D eigenvalue weighted by atomic mass is 16.5. The summed E-state index contributed by atoms with van der Waals surface area (Å²) in [6, 6.07) is 10.7. The summed E-state index contributed by atoms with van der Waals surface area (Å²) >= 11 is 0. The van der Waals surface area contributed by atoms with Crippen LogP contribution in [0.1, 0.15) is 29.2 Å². The van der Waals surface area contributed by atoms with E-state index in [1.165, 1.54) is 12.8 Å². The zero-order valence-corrected chi connectivity index (χ0v) is 15.1. The second kappa shape index (κ2) is 7.57. The number of furan rings is 1. The molecule has 1 aromatic carbocycles. The largest absolute Gasteiger partial charge is 0.497 e. The summed E-state index contributed by atoms with van der Waals surface area (Å²) < 4.78 is 18.3. The number of rotatable bonds is 8. The lowest BCUT2D eigenvalue weighted by molar-refractivity contribution is 0.0992. The van der Waals surface area contributed by atoms with Crippen molar-refractivity contribution in [2.75, 3.05) is 12.4 Å². The fourth-order valence-electron chi connectivity index (χ4n) is 2.71. The highest BCUT2D eigenvalue weighted by molar-refractivity contribution is 6.02. The molecule has 1 saturated carbocycles. The Morgan fingerprint density at radius 2 is 2.15 bits per heavy atom. The Hall–Kier alpha value is -3.22. The Morgan fingerprint density at radius 3 is 2.96 bits per heavy atom. The number of methoxy groups -OCH3 is 1. The summed E-state index contributed by atoms with van der Waals surface area (Å²) in [7, 11) is 1.60. The summed E-state index contributed by atoms with van der Waals surface area (Å²) in [6.07, 6.45) is 6.01. The summed E-state index contributed by atoms with van der Waals surface area (Å²) in [5.41, 5.74) is 0.659. The molecule has 0 atom stereocenters. The first-order chi connectivity index (χ1) is 13.2. The van der Waals surface area contributed by atoms with Gasteiger partial charge in [-0.15, -0.1) is 0 Å². The third-order valence-corrected chi connectivity index (χ3v) is 4.34. The smallest absolute Gasteiger partial charge is 0.291 e. The first-order valence-electron chi connectivity index (χ1n) is 8.89. The normalized spacial score (nSPS) is 13.4. The minimum atomic E-state index is -0.311. The quantitative estimate of drug-likeness (QED) is 0.656. The molecule has 0 unspecified atom stereocenters. The number of carbonyl (C=O) groups excluding carboxylic acids is 1. The van der Waals surface area contributed by atoms with Gasteiger partial charge in [0.05, 0.1) is 19.0 Å². The molecular weight excluding hydrogens is 346 g/mol. The van der Waals surface area contributed by atoms with Crippen molar-refractivity contribution in [1.82, 2.24) is 9.78 Å². The predicted octanol–water partition coefficient (Wildman–Crippen LogP) is 3.73. The van der Waals surface area contributed by atoms with Crippen molar-refractivity contribution in [2.24, 2.45) is 5.92 Å². The van der Waals surface area contributed by atoms with Crippen LogP contribution in [0.5, 0.6) is 11.5 Å². The molecule has 140 valence electrons. The number of ether oxygens (including phenoxy) is 2. The SMILES string of the molecule is COc1cccc(OCc2ccc(C(=O)Nc3cnn(CC4CC4)c3)o2)c1. The molecule has 0 saturated heterocycles. The number of anilines is 1. The zero-order chi connectivity index (χ0) is 18.6. The van der Waals surface area contributed by atoms with Crippen LogP contribution in [-0.2, 0) is 13.2 Å². The number of benzene rings is 1. The number of hydrogen-bond acceptors (Lipinski definition) is 5. The molecule has 0 spiro atoms. The molecule has 7 nitrogen and oxygen atoms in total. The van der Waals surface area contributed by atoms with E-state index in [0.717, 1.165) is 12.5 Å². The van der Waals surface area contributed by atoms with Gasteiger partial charge in [0.2, 0.25) is 0 Å². The van der Waals surface area contributed by atoms with E-state index in [1.807, 2.05) is 29.1 Å². The minimum absolute atomic E-state index is 0.222. The van der Waals surface area contributed by atoms with Crippen molar-refractivity contribution in [2.45, 2.75) is 26.0 Å². The maximum atomic E-state index is 12.3. The highest BCUT2D eigenvalue weighted by Crippen LogP contribution is 2.30. The molecule has 7 heteroatoms. The average Bonchev–Trinajstić information content (AvgIpc) is 3.17. The maximum absolute atomic E-state index is 12.3. The number of carbonyl (C=O) groups is 1. The molecule has 2 heterocycles. The molecule has 27 heavy (non-hydrogen) atoms. The number of nitrogens with zero attached hydrogens (tertiary/aromatic N) is 2. The summed E-state index contributed by atoms with van der Waals surface area (Å²) in [4.78, 5) is 12.3. The lowest BCUT2D eigenvalue weighted by Gasteiger charge is -2.06. The molecule has 3 aromatic rings. The van der Waals surface area contributed by atoms with Crippen LogP contribution in [0.2, 0.25) is 0 Å².